The van der Waals surface area contributed by atoms with Crippen LogP contribution in [-0.2, 0) is 0 Å². The average molecular weight is 224 g/mol. The summed E-state index contributed by atoms with van der Waals surface area (Å²) >= 11 is 1.86. The molecule has 3 nitrogen and oxygen atoms in total. The molecule has 0 aliphatic heterocycles. The van der Waals surface area contributed by atoms with E-state index in [4.69, 9.17) is 4.74 Å². The van der Waals surface area contributed by atoms with E-state index in [0.29, 0.717) is 5.88 Å². The molecule has 1 aromatic rings. The minimum Gasteiger partial charge on any atom is -0.481 e. The zero-order valence-electron chi connectivity index (χ0n) is 8.90. The summed E-state index contributed by atoms with van der Waals surface area (Å²) in [6.45, 7) is 4.61. The summed E-state index contributed by atoms with van der Waals surface area (Å²) in [7, 11) is 1.62. The first-order valence-corrected chi connectivity index (χ1v) is 5.95. The number of hydrogen-bond acceptors (Lipinski definition) is 4. The van der Waals surface area contributed by atoms with E-state index in [0.717, 1.165) is 23.7 Å². The maximum atomic E-state index is 5.03. The second-order valence-corrected chi connectivity index (χ2v) is 4.03. The number of thioether (sulfide) groups is 1. The van der Waals surface area contributed by atoms with Crippen molar-refractivity contribution in [1.82, 2.24) is 4.98 Å². The quantitative estimate of drug-likeness (QED) is 0.570. The van der Waals surface area contributed by atoms with Crippen LogP contribution in [0.5, 0.6) is 5.88 Å². The highest BCUT2D eigenvalue weighted by Gasteiger charge is 1.95. The SMILES string of the molecule is C=CCSCCNc1ccnc(OC)c1. The first kappa shape index (κ1) is 11.9. The summed E-state index contributed by atoms with van der Waals surface area (Å²) in [4.78, 5) is 4.03. The Hall–Kier alpha value is -1.16. The summed E-state index contributed by atoms with van der Waals surface area (Å²) in [5, 5.41) is 3.30. The monoisotopic (exact) mass is 224 g/mol. The van der Waals surface area contributed by atoms with Gasteiger partial charge in [0, 0.05) is 36.0 Å². The van der Waals surface area contributed by atoms with Gasteiger partial charge in [0.05, 0.1) is 7.11 Å². The smallest absolute Gasteiger partial charge is 0.214 e. The minimum atomic E-state index is 0.638. The van der Waals surface area contributed by atoms with Gasteiger partial charge in [0.2, 0.25) is 5.88 Å². The molecule has 0 fully saturated rings. The molecular formula is C11H16N2OS. The fourth-order valence-corrected chi connectivity index (χ4v) is 1.64. The summed E-state index contributed by atoms with van der Waals surface area (Å²) in [5.41, 5.74) is 1.04. The Morgan fingerprint density at radius 1 is 1.67 bits per heavy atom. The van der Waals surface area contributed by atoms with Gasteiger partial charge in [-0.3, -0.25) is 0 Å². The molecule has 0 saturated heterocycles. The topological polar surface area (TPSA) is 34.2 Å². The van der Waals surface area contributed by atoms with E-state index in [9.17, 15) is 0 Å². The van der Waals surface area contributed by atoms with Crippen LogP contribution in [0.2, 0.25) is 0 Å². The standard InChI is InChI=1S/C11H16N2OS/c1-3-7-15-8-6-12-10-4-5-13-11(9-10)14-2/h3-5,9H,1,6-8H2,2H3,(H,12,13). The van der Waals surface area contributed by atoms with Crippen molar-refractivity contribution in [3.8, 4) is 5.88 Å². The van der Waals surface area contributed by atoms with Gasteiger partial charge in [0.1, 0.15) is 0 Å². The first-order valence-electron chi connectivity index (χ1n) is 4.79. The van der Waals surface area contributed by atoms with Gasteiger partial charge < -0.3 is 10.1 Å². The normalized spacial score (nSPS) is 9.67. The van der Waals surface area contributed by atoms with Crippen LogP contribution in [0.3, 0.4) is 0 Å². The number of nitrogens with one attached hydrogen (secondary N) is 1. The van der Waals surface area contributed by atoms with Crippen LogP contribution in [0.15, 0.2) is 31.0 Å². The Morgan fingerprint density at radius 3 is 3.27 bits per heavy atom. The molecular weight excluding hydrogens is 208 g/mol. The third-order valence-corrected chi connectivity index (χ3v) is 2.72. The lowest BCUT2D eigenvalue weighted by molar-refractivity contribution is 0.398. The van der Waals surface area contributed by atoms with Gasteiger partial charge in [-0.1, -0.05) is 6.08 Å². The maximum Gasteiger partial charge on any atom is 0.214 e. The molecule has 0 bridgehead atoms. The van der Waals surface area contributed by atoms with E-state index in [1.165, 1.54) is 0 Å². The van der Waals surface area contributed by atoms with Crippen LogP contribution in [-0.4, -0.2) is 30.1 Å². The van der Waals surface area contributed by atoms with Crippen LogP contribution in [0.4, 0.5) is 5.69 Å². The highest BCUT2D eigenvalue weighted by Crippen LogP contribution is 2.13. The molecule has 1 rings (SSSR count). The van der Waals surface area contributed by atoms with Gasteiger partial charge in [0.25, 0.3) is 0 Å². The number of pyridine rings is 1. The van der Waals surface area contributed by atoms with Crippen molar-refractivity contribution in [2.24, 2.45) is 0 Å². The fraction of sp³-hybridized carbons (Fsp3) is 0.364. The van der Waals surface area contributed by atoms with Crippen LogP contribution in [0.25, 0.3) is 0 Å². The average Bonchev–Trinajstić information content (AvgIpc) is 2.29. The van der Waals surface area contributed by atoms with E-state index in [-0.39, 0.29) is 0 Å². The summed E-state index contributed by atoms with van der Waals surface area (Å²) in [6.07, 6.45) is 3.65. The molecule has 4 heteroatoms. The van der Waals surface area contributed by atoms with Crippen LogP contribution < -0.4 is 10.1 Å². The summed E-state index contributed by atoms with van der Waals surface area (Å²) in [5.74, 6) is 2.71. The highest BCUT2D eigenvalue weighted by molar-refractivity contribution is 7.99. The van der Waals surface area contributed by atoms with Crippen molar-refractivity contribution < 1.29 is 4.74 Å². The molecule has 1 aromatic heterocycles. The lowest BCUT2D eigenvalue weighted by atomic mass is 10.4. The Bertz CT molecular complexity index is 304. The van der Waals surface area contributed by atoms with Crippen LogP contribution in [0, 0.1) is 0 Å². The predicted molar refractivity (Wildman–Crippen MR) is 66.8 cm³/mol. The molecule has 1 heterocycles. The molecule has 1 N–H and O–H groups in total. The second kappa shape index (κ2) is 7.17. The molecule has 0 aromatic carbocycles. The molecule has 0 spiro atoms. The minimum absolute atomic E-state index is 0.638. The van der Waals surface area contributed by atoms with E-state index < -0.39 is 0 Å². The molecule has 0 saturated carbocycles. The lowest BCUT2D eigenvalue weighted by Crippen LogP contribution is -2.04. The molecule has 0 radical (unpaired) electrons. The van der Waals surface area contributed by atoms with Crippen molar-refractivity contribution in [2.45, 2.75) is 0 Å². The second-order valence-electron chi connectivity index (χ2n) is 2.88. The highest BCUT2D eigenvalue weighted by atomic mass is 32.2. The van der Waals surface area contributed by atoms with Crippen molar-refractivity contribution in [1.29, 1.82) is 0 Å². The number of hydrogen-bond donors (Lipinski definition) is 1. The van der Waals surface area contributed by atoms with Gasteiger partial charge in [-0.25, -0.2) is 4.98 Å². The van der Waals surface area contributed by atoms with Crippen molar-refractivity contribution >= 4 is 17.4 Å². The molecule has 0 aliphatic carbocycles. The summed E-state index contributed by atoms with van der Waals surface area (Å²) < 4.78 is 5.03. The van der Waals surface area contributed by atoms with Crippen molar-refractivity contribution in [3.05, 3.63) is 31.0 Å². The summed E-state index contributed by atoms with van der Waals surface area (Å²) in [6, 6.07) is 3.82. The van der Waals surface area contributed by atoms with Crippen LogP contribution >= 0.6 is 11.8 Å². The molecule has 0 unspecified atom stereocenters. The third kappa shape index (κ3) is 4.74. The van der Waals surface area contributed by atoms with Crippen molar-refractivity contribution in [2.75, 3.05) is 30.5 Å². The Kier molecular flexibility index (Phi) is 5.70. The Labute approximate surface area is 94.9 Å². The van der Waals surface area contributed by atoms with Gasteiger partial charge >= 0.3 is 0 Å². The number of aromatic nitrogens is 1. The third-order valence-electron chi connectivity index (χ3n) is 1.76. The molecule has 82 valence electrons. The molecule has 0 atom stereocenters. The zero-order valence-corrected chi connectivity index (χ0v) is 9.72. The van der Waals surface area contributed by atoms with Gasteiger partial charge in [-0.05, 0) is 6.07 Å². The number of ether oxygens (including phenoxy) is 1. The molecule has 0 amide bonds. The zero-order chi connectivity index (χ0) is 10.9. The van der Waals surface area contributed by atoms with E-state index in [1.807, 2.05) is 30.0 Å². The largest absolute Gasteiger partial charge is 0.481 e. The Morgan fingerprint density at radius 2 is 2.53 bits per heavy atom. The van der Waals surface area contributed by atoms with Crippen molar-refractivity contribution in [3.63, 3.8) is 0 Å². The first-order chi connectivity index (χ1) is 7.36. The number of nitrogens with zero attached hydrogens (tertiary/aromatic N) is 1. The Balaban J connectivity index is 2.27. The van der Waals surface area contributed by atoms with E-state index >= 15 is 0 Å². The van der Waals surface area contributed by atoms with Crippen LogP contribution in [0.1, 0.15) is 0 Å². The number of anilines is 1. The fourth-order valence-electron chi connectivity index (χ4n) is 1.07. The van der Waals surface area contributed by atoms with E-state index in [2.05, 4.69) is 16.9 Å². The van der Waals surface area contributed by atoms with E-state index in [1.54, 1.807) is 13.3 Å². The van der Waals surface area contributed by atoms with Gasteiger partial charge in [0.15, 0.2) is 0 Å². The van der Waals surface area contributed by atoms with Gasteiger partial charge in [-0.15, -0.1) is 6.58 Å². The maximum absolute atomic E-state index is 5.03. The predicted octanol–water partition coefficient (Wildman–Crippen LogP) is 2.42. The van der Waals surface area contributed by atoms with Gasteiger partial charge in [-0.2, -0.15) is 11.8 Å². The number of rotatable bonds is 7. The number of methoxy groups -OCH3 is 1. The molecule has 15 heavy (non-hydrogen) atoms. The molecule has 0 aliphatic rings. The lowest BCUT2D eigenvalue weighted by Gasteiger charge is -2.06.